The first kappa shape index (κ1) is 8.59. The fourth-order valence-corrected chi connectivity index (χ4v) is 0.922. The van der Waals surface area contributed by atoms with Gasteiger partial charge in [0.1, 0.15) is 0 Å². The van der Waals surface area contributed by atoms with Crippen molar-refractivity contribution in [2.45, 2.75) is 13.3 Å². The fraction of sp³-hybridized carbons (Fsp3) is 0.222. The van der Waals surface area contributed by atoms with Crippen molar-refractivity contribution in [3.8, 4) is 0 Å². The van der Waals surface area contributed by atoms with E-state index in [0.717, 1.165) is 18.2 Å². The maximum atomic E-state index is 11.1. The molecule has 0 atom stereocenters. The van der Waals surface area contributed by atoms with E-state index in [2.05, 4.69) is 11.3 Å². The van der Waals surface area contributed by atoms with Crippen LogP contribution < -0.4 is 0 Å². The van der Waals surface area contributed by atoms with E-state index in [0.29, 0.717) is 0 Å². The minimum Gasteiger partial charge on any atom is -0.457 e. The van der Waals surface area contributed by atoms with Gasteiger partial charge in [0, 0.05) is 5.56 Å². The highest BCUT2D eigenvalue weighted by atomic mass is 16.5. The third kappa shape index (κ3) is 1.56. The number of aryl methyl sites for hydroxylation is 1. The molecule has 3 heteroatoms. The molecule has 0 N–H and O–H groups in total. The average Bonchev–Trinajstić information content (AvgIpc) is 2.51. The first-order chi connectivity index (χ1) is 5.79. The van der Waals surface area contributed by atoms with Gasteiger partial charge in [0.25, 0.3) is 0 Å². The largest absolute Gasteiger partial charge is 0.457 e. The molecule has 0 aliphatic heterocycles. The molecule has 0 saturated carbocycles. The highest BCUT2D eigenvalue weighted by Gasteiger charge is 2.14. The normalized spacial score (nSPS) is 9.42. The molecule has 12 heavy (non-hydrogen) atoms. The summed E-state index contributed by atoms with van der Waals surface area (Å²) in [6.45, 7) is 5.22. The molecule has 1 rings (SSSR count). The highest BCUT2D eigenvalue weighted by Crippen LogP contribution is 2.12. The Bertz CT molecular complexity index is 286. The van der Waals surface area contributed by atoms with Crippen LogP contribution in [-0.4, -0.2) is 5.97 Å². The topological polar surface area (TPSA) is 39.4 Å². The van der Waals surface area contributed by atoms with E-state index in [-0.39, 0.29) is 5.76 Å². The Morgan fingerprint density at radius 1 is 1.83 bits per heavy atom. The van der Waals surface area contributed by atoms with Crippen molar-refractivity contribution in [1.82, 2.24) is 0 Å². The van der Waals surface area contributed by atoms with Gasteiger partial charge in [-0.05, 0) is 12.5 Å². The van der Waals surface area contributed by atoms with Gasteiger partial charge < -0.3 is 9.15 Å². The van der Waals surface area contributed by atoms with Crippen molar-refractivity contribution >= 4 is 5.97 Å². The molecule has 1 heterocycles. The molecule has 0 aliphatic carbocycles. The number of carbonyl (C=O) groups excluding carboxylic acids is 1. The van der Waals surface area contributed by atoms with Gasteiger partial charge in [-0.25, -0.2) is 4.79 Å². The van der Waals surface area contributed by atoms with Crippen molar-refractivity contribution in [3.63, 3.8) is 0 Å². The Kier molecular flexibility index (Phi) is 2.69. The zero-order valence-electron chi connectivity index (χ0n) is 6.87. The third-order valence-electron chi connectivity index (χ3n) is 1.50. The van der Waals surface area contributed by atoms with Crippen LogP contribution in [0.3, 0.4) is 0 Å². The monoisotopic (exact) mass is 166 g/mol. The van der Waals surface area contributed by atoms with Crippen molar-refractivity contribution in [2.75, 3.05) is 0 Å². The molecule has 64 valence electrons. The maximum Gasteiger partial charge on any atom is 0.379 e. The van der Waals surface area contributed by atoms with Crippen molar-refractivity contribution in [2.24, 2.45) is 0 Å². The molecule has 1 aromatic rings. The lowest BCUT2D eigenvalue weighted by molar-refractivity contribution is 0.0628. The van der Waals surface area contributed by atoms with Crippen LogP contribution in [-0.2, 0) is 11.2 Å². The van der Waals surface area contributed by atoms with Gasteiger partial charge in [-0.3, -0.25) is 0 Å². The van der Waals surface area contributed by atoms with Gasteiger partial charge in [-0.2, -0.15) is 0 Å². The molecule has 0 spiro atoms. The Hall–Kier alpha value is -1.51. The van der Waals surface area contributed by atoms with Gasteiger partial charge >= 0.3 is 5.97 Å². The van der Waals surface area contributed by atoms with Crippen LogP contribution in [0.25, 0.3) is 0 Å². The van der Waals surface area contributed by atoms with Crippen molar-refractivity contribution in [3.05, 3.63) is 36.5 Å². The van der Waals surface area contributed by atoms with Gasteiger partial charge in [-0.15, -0.1) is 0 Å². The predicted octanol–water partition coefficient (Wildman–Crippen LogP) is 2.14. The van der Waals surface area contributed by atoms with E-state index in [1.165, 1.54) is 6.26 Å². The summed E-state index contributed by atoms with van der Waals surface area (Å²) in [5.74, 6) is -0.232. The SMILES string of the molecule is C=COC(=O)c1occc1CC. The molecule has 0 aliphatic rings. The Labute approximate surface area is 70.6 Å². The summed E-state index contributed by atoms with van der Waals surface area (Å²) in [7, 11) is 0. The van der Waals surface area contributed by atoms with Crippen LogP contribution in [0.1, 0.15) is 23.0 Å². The number of esters is 1. The van der Waals surface area contributed by atoms with Crippen LogP contribution in [0.2, 0.25) is 0 Å². The van der Waals surface area contributed by atoms with E-state index in [9.17, 15) is 4.79 Å². The summed E-state index contributed by atoms with van der Waals surface area (Å²) < 4.78 is 9.51. The minimum absolute atomic E-state index is 0.261. The van der Waals surface area contributed by atoms with Gasteiger partial charge in [0.15, 0.2) is 0 Å². The summed E-state index contributed by atoms with van der Waals surface area (Å²) in [6.07, 6.45) is 3.31. The second kappa shape index (κ2) is 3.76. The average molecular weight is 166 g/mol. The number of furan rings is 1. The van der Waals surface area contributed by atoms with E-state index >= 15 is 0 Å². The lowest BCUT2D eigenvalue weighted by Crippen LogP contribution is -2.01. The standard InChI is InChI=1S/C9H10O3/c1-3-7-5-6-12-8(7)9(10)11-4-2/h4-6H,2-3H2,1H3. The van der Waals surface area contributed by atoms with Crippen LogP contribution in [0.4, 0.5) is 0 Å². The second-order valence-corrected chi connectivity index (χ2v) is 2.20. The number of carbonyl (C=O) groups is 1. The molecule has 0 bridgehead atoms. The molecule has 0 amide bonds. The minimum atomic E-state index is -0.494. The van der Waals surface area contributed by atoms with E-state index in [1.54, 1.807) is 6.07 Å². The second-order valence-electron chi connectivity index (χ2n) is 2.20. The zero-order chi connectivity index (χ0) is 8.97. The molecular formula is C9H10O3. The maximum absolute atomic E-state index is 11.1. The molecule has 0 radical (unpaired) electrons. The first-order valence-corrected chi connectivity index (χ1v) is 3.67. The predicted molar refractivity (Wildman–Crippen MR) is 43.7 cm³/mol. The fourth-order valence-electron chi connectivity index (χ4n) is 0.922. The quantitative estimate of drug-likeness (QED) is 0.510. The molecule has 0 saturated heterocycles. The smallest absolute Gasteiger partial charge is 0.379 e. The van der Waals surface area contributed by atoms with Crippen LogP contribution in [0, 0.1) is 0 Å². The van der Waals surface area contributed by atoms with Crippen molar-refractivity contribution < 1.29 is 13.9 Å². The highest BCUT2D eigenvalue weighted by molar-refractivity contribution is 5.88. The molecule has 0 fully saturated rings. The molecule has 3 nitrogen and oxygen atoms in total. The zero-order valence-corrected chi connectivity index (χ0v) is 6.87. The van der Waals surface area contributed by atoms with E-state index in [4.69, 9.17) is 4.42 Å². The number of hydrogen-bond acceptors (Lipinski definition) is 3. The summed E-state index contributed by atoms with van der Waals surface area (Å²) in [5, 5.41) is 0. The lowest BCUT2D eigenvalue weighted by atomic mass is 10.2. The van der Waals surface area contributed by atoms with E-state index in [1.807, 2.05) is 6.92 Å². The van der Waals surface area contributed by atoms with E-state index < -0.39 is 5.97 Å². The lowest BCUT2D eigenvalue weighted by Gasteiger charge is -1.96. The Morgan fingerprint density at radius 2 is 2.58 bits per heavy atom. The molecular weight excluding hydrogens is 156 g/mol. The van der Waals surface area contributed by atoms with Crippen LogP contribution in [0.5, 0.6) is 0 Å². The van der Waals surface area contributed by atoms with Gasteiger partial charge in [0.2, 0.25) is 5.76 Å². The Morgan fingerprint density at radius 3 is 3.17 bits per heavy atom. The summed E-state index contributed by atoms with van der Waals surface area (Å²) in [6, 6.07) is 1.75. The van der Waals surface area contributed by atoms with Crippen LogP contribution >= 0.6 is 0 Å². The number of hydrogen-bond donors (Lipinski definition) is 0. The molecule has 0 aromatic carbocycles. The molecule has 0 unspecified atom stereocenters. The van der Waals surface area contributed by atoms with Crippen molar-refractivity contribution in [1.29, 1.82) is 0 Å². The first-order valence-electron chi connectivity index (χ1n) is 3.67. The van der Waals surface area contributed by atoms with Gasteiger partial charge in [-0.1, -0.05) is 13.5 Å². The number of ether oxygens (including phenoxy) is 1. The summed E-state index contributed by atoms with van der Waals surface area (Å²) in [4.78, 5) is 11.1. The van der Waals surface area contributed by atoms with Gasteiger partial charge in [0.05, 0.1) is 12.5 Å². The number of rotatable bonds is 3. The Balaban J connectivity index is 2.85. The summed E-state index contributed by atoms with van der Waals surface area (Å²) in [5.41, 5.74) is 0.849. The molecule has 1 aromatic heterocycles. The van der Waals surface area contributed by atoms with Crippen LogP contribution in [0.15, 0.2) is 29.6 Å². The third-order valence-corrected chi connectivity index (χ3v) is 1.50. The summed E-state index contributed by atoms with van der Waals surface area (Å²) >= 11 is 0.